The van der Waals surface area contributed by atoms with Crippen LogP contribution < -0.4 is 4.74 Å². The monoisotopic (exact) mass is 374 g/mol. The van der Waals surface area contributed by atoms with Crippen molar-refractivity contribution in [2.45, 2.75) is 37.3 Å². The number of aromatic nitrogens is 2. The first-order chi connectivity index (χ1) is 11.9. The first kappa shape index (κ1) is 16.7. The summed E-state index contributed by atoms with van der Waals surface area (Å²) in [6.07, 6.45) is 0.642. The molecule has 1 saturated carbocycles. The molecule has 0 aliphatic heterocycles. The second-order valence-electron chi connectivity index (χ2n) is 6.81. The van der Waals surface area contributed by atoms with Gasteiger partial charge in [0.15, 0.2) is 11.9 Å². The molecule has 1 aliphatic rings. The maximum absolute atomic E-state index is 6.25. The molecule has 4 rings (SSSR count). The van der Waals surface area contributed by atoms with Gasteiger partial charge in [-0.25, -0.2) is 4.98 Å². The molecule has 0 amide bonds. The van der Waals surface area contributed by atoms with Gasteiger partial charge in [-0.05, 0) is 50.1 Å². The van der Waals surface area contributed by atoms with Gasteiger partial charge in [0, 0.05) is 12.5 Å². The van der Waals surface area contributed by atoms with Gasteiger partial charge in [0.2, 0.25) is 0 Å². The summed E-state index contributed by atoms with van der Waals surface area (Å²) in [5.41, 5.74) is 3.23. The highest BCUT2D eigenvalue weighted by Gasteiger charge is 2.51. The minimum Gasteiger partial charge on any atom is -0.483 e. The number of ether oxygens (including phenoxy) is 1. The van der Waals surface area contributed by atoms with E-state index in [9.17, 15) is 0 Å². The molecule has 1 heterocycles. The lowest BCUT2D eigenvalue weighted by Gasteiger charge is -2.17. The number of benzene rings is 2. The van der Waals surface area contributed by atoms with Gasteiger partial charge in [0.25, 0.3) is 0 Å². The van der Waals surface area contributed by atoms with Crippen LogP contribution >= 0.6 is 23.2 Å². The number of alkyl halides is 2. The van der Waals surface area contributed by atoms with Crippen molar-refractivity contribution in [1.29, 1.82) is 0 Å². The fourth-order valence-corrected chi connectivity index (χ4v) is 3.74. The Kier molecular flexibility index (Phi) is 4.17. The topological polar surface area (TPSA) is 27.1 Å². The van der Waals surface area contributed by atoms with Gasteiger partial charge in [0.1, 0.15) is 10.1 Å². The zero-order valence-electron chi connectivity index (χ0n) is 14.2. The highest BCUT2D eigenvalue weighted by Crippen LogP contribution is 2.54. The lowest BCUT2D eigenvalue weighted by molar-refractivity contribution is 0.211. The molecular weight excluding hydrogens is 355 g/mol. The summed E-state index contributed by atoms with van der Waals surface area (Å²) < 4.78 is 7.75. The maximum atomic E-state index is 6.25. The molecule has 0 saturated heterocycles. The van der Waals surface area contributed by atoms with Gasteiger partial charge in [-0.1, -0.05) is 24.3 Å². The Morgan fingerprint density at radius 1 is 1.24 bits per heavy atom. The smallest absolute Gasteiger partial charge is 0.153 e. The van der Waals surface area contributed by atoms with Gasteiger partial charge in [-0.3, -0.25) is 0 Å². The minimum absolute atomic E-state index is 0.173. The van der Waals surface area contributed by atoms with E-state index in [1.165, 1.54) is 5.56 Å². The standard InChI is InChI=1S/C20H20Cl2N2O/c1-13-6-5-7-16(10-13)25-14(2)19-23-17-8-3-4-9-18(17)24(19)12-15-11-20(15,21)22/h3-10,14-15H,11-12H2,1-2H3. The number of hydrogen-bond acceptors (Lipinski definition) is 2. The molecule has 2 aromatic carbocycles. The average Bonchev–Trinajstić information content (AvgIpc) is 3.01. The molecule has 5 heteroatoms. The summed E-state index contributed by atoms with van der Waals surface area (Å²) in [6, 6.07) is 16.2. The van der Waals surface area contributed by atoms with Crippen LogP contribution in [0.1, 0.15) is 30.8 Å². The largest absolute Gasteiger partial charge is 0.483 e. The number of rotatable bonds is 5. The molecular formula is C20H20Cl2N2O. The zero-order chi connectivity index (χ0) is 17.6. The Balaban J connectivity index is 1.68. The van der Waals surface area contributed by atoms with Crippen molar-refractivity contribution in [3.8, 4) is 5.75 Å². The molecule has 2 unspecified atom stereocenters. The number of halogens is 2. The van der Waals surface area contributed by atoms with Crippen LogP contribution in [0.15, 0.2) is 48.5 Å². The fraction of sp³-hybridized carbons (Fsp3) is 0.350. The minimum atomic E-state index is -0.608. The van der Waals surface area contributed by atoms with Crippen molar-refractivity contribution in [2.24, 2.45) is 5.92 Å². The quantitative estimate of drug-likeness (QED) is 0.537. The SMILES string of the molecule is Cc1cccc(OC(C)c2nc3ccccc3n2CC2CC2(Cl)Cl)c1. The Morgan fingerprint density at radius 3 is 2.72 bits per heavy atom. The van der Waals surface area contributed by atoms with Gasteiger partial charge < -0.3 is 9.30 Å². The normalized spacial score (nSPS) is 19.8. The van der Waals surface area contributed by atoms with Crippen LogP contribution in [0, 0.1) is 12.8 Å². The van der Waals surface area contributed by atoms with Crippen molar-refractivity contribution in [3.63, 3.8) is 0 Å². The molecule has 25 heavy (non-hydrogen) atoms. The van der Waals surface area contributed by atoms with Crippen LogP contribution in [0.2, 0.25) is 0 Å². The highest BCUT2D eigenvalue weighted by molar-refractivity contribution is 6.50. The zero-order valence-corrected chi connectivity index (χ0v) is 15.8. The third-order valence-electron chi connectivity index (χ3n) is 4.71. The molecule has 2 atom stereocenters. The average molecular weight is 375 g/mol. The predicted molar refractivity (Wildman–Crippen MR) is 102 cm³/mol. The molecule has 130 valence electrons. The summed E-state index contributed by atoms with van der Waals surface area (Å²) in [5.74, 6) is 2.00. The van der Waals surface area contributed by atoms with Gasteiger partial charge >= 0.3 is 0 Å². The highest BCUT2D eigenvalue weighted by atomic mass is 35.5. The van der Waals surface area contributed by atoms with E-state index in [-0.39, 0.29) is 12.0 Å². The molecule has 0 spiro atoms. The molecule has 1 fully saturated rings. The molecule has 3 nitrogen and oxygen atoms in total. The summed E-state index contributed by atoms with van der Waals surface area (Å²) in [5, 5.41) is 0. The third-order valence-corrected chi connectivity index (χ3v) is 5.63. The molecule has 0 N–H and O–H groups in total. The summed E-state index contributed by atoms with van der Waals surface area (Å²) in [4.78, 5) is 4.81. The Morgan fingerprint density at radius 2 is 2.00 bits per heavy atom. The van der Waals surface area contributed by atoms with E-state index in [2.05, 4.69) is 23.6 Å². The molecule has 1 aliphatic carbocycles. The van der Waals surface area contributed by atoms with Crippen LogP contribution in [0.25, 0.3) is 11.0 Å². The third kappa shape index (κ3) is 3.36. The van der Waals surface area contributed by atoms with Crippen molar-refractivity contribution >= 4 is 34.2 Å². The van der Waals surface area contributed by atoms with Gasteiger partial charge in [-0.2, -0.15) is 0 Å². The van der Waals surface area contributed by atoms with Crippen molar-refractivity contribution in [2.75, 3.05) is 0 Å². The van der Waals surface area contributed by atoms with Crippen molar-refractivity contribution in [3.05, 3.63) is 59.9 Å². The molecule has 0 radical (unpaired) electrons. The lowest BCUT2D eigenvalue weighted by Crippen LogP contribution is -2.14. The van der Waals surface area contributed by atoms with Crippen LogP contribution in [0.5, 0.6) is 5.75 Å². The number of nitrogens with zero attached hydrogens (tertiary/aromatic N) is 2. The van der Waals surface area contributed by atoms with Crippen LogP contribution in [0.4, 0.5) is 0 Å². The van der Waals surface area contributed by atoms with E-state index in [0.29, 0.717) is 0 Å². The van der Waals surface area contributed by atoms with E-state index < -0.39 is 4.33 Å². The number of aryl methyl sites for hydroxylation is 1. The first-order valence-electron chi connectivity index (χ1n) is 8.50. The Hall–Kier alpha value is -1.71. The molecule has 3 aromatic rings. The second-order valence-corrected chi connectivity index (χ2v) is 8.35. The molecule has 1 aromatic heterocycles. The Labute approximate surface area is 157 Å². The van der Waals surface area contributed by atoms with Gasteiger partial charge in [-0.15, -0.1) is 23.2 Å². The van der Waals surface area contributed by atoms with Crippen LogP contribution in [-0.4, -0.2) is 13.9 Å². The van der Waals surface area contributed by atoms with Crippen LogP contribution in [-0.2, 0) is 6.54 Å². The number of para-hydroxylation sites is 2. The predicted octanol–water partition coefficient (Wildman–Crippen LogP) is 5.68. The van der Waals surface area contributed by atoms with E-state index in [1.807, 2.05) is 43.3 Å². The summed E-state index contributed by atoms with van der Waals surface area (Å²) >= 11 is 12.5. The second kappa shape index (κ2) is 6.22. The van der Waals surface area contributed by atoms with E-state index in [1.54, 1.807) is 0 Å². The van der Waals surface area contributed by atoms with E-state index in [4.69, 9.17) is 32.9 Å². The summed E-state index contributed by atoms with van der Waals surface area (Å²) in [6.45, 7) is 4.84. The summed E-state index contributed by atoms with van der Waals surface area (Å²) in [7, 11) is 0. The van der Waals surface area contributed by atoms with Gasteiger partial charge in [0.05, 0.1) is 11.0 Å². The fourth-order valence-electron chi connectivity index (χ4n) is 3.23. The first-order valence-corrected chi connectivity index (χ1v) is 9.26. The number of imidazole rings is 1. The molecule has 0 bridgehead atoms. The van der Waals surface area contributed by atoms with E-state index >= 15 is 0 Å². The maximum Gasteiger partial charge on any atom is 0.153 e. The lowest BCUT2D eigenvalue weighted by atomic mass is 10.2. The number of fused-ring (bicyclic) bond motifs is 1. The van der Waals surface area contributed by atoms with Crippen molar-refractivity contribution in [1.82, 2.24) is 9.55 Å². The Bertz CT molecular complexity index is 919. The van der Waals surface area contributed by atoms with Crippen molar-refractivity contribution < 1.29 is 4.74 Å². The number of hydrogen-bond donors (Lipinski definition) is 0. The van der Waals surface area contributed by atoms with E-state index in [0.717, 1.165) is 35.6 Å². The van der Waals surface area contributed by atoms with Crippen LogP contribution in [0.3, 0.4) is 0 Å².